The van der Waals surface area contributed by atoms with Crippen LogP contribution in [0.1, 0.15) is 52.0 Å². The summed E-state index contributed by atoms with van der Waals surface area (Å²) in [5.74, 6) is 0.939. The van der Waals surface area contributed by atoms with E-state index >= 15 is 0 Å². The van der Waals surface area contributed by atoms with Gasteiger partial charge in [0.1, 0.15) is 17.0 Å². The van der Waals surface area contributed by atoms with Gasteiger partial charge in [0.15, 0.2) is 0 Å². The van der Waals surface area contributed by atoms with E-state index in [4.69, 9.17) is 0 Å². The third-order valence-electron chi connectivity index (χ3n) is 6.48. The number of benzene rings is 1. The Morgan fingerprint density at radius 3 is 2.42 bits per heavy atom. The van der Waals surface area contributed by atoms with Crippen molar-refractivity contribution in [1.29, 1.82) is 0 Å². The van der Waals surface area contributed by atoms with Crippen molar-refractivity contribution >= 4 is 17.3 Å². The van der Waals surface area contributed by atoms with E-state index in [-0.39, 0.29) is 23.0 Å². The number of anilines is 1. The Kier molecular flexibility index (Phi) is 3.42. The lowest BCUT2D eigenvalue weighted by Gasteiger charge is -2.55. The maximum absolute atomic E-state index is 13.3. The van der Waals surface area contributed by atoms with Crippen LogP contribution in [0.5, 0.6) is 0 Å². The first-order chi connectivity index (χ1) is 11.3. The van der Waals surface area contributed by atoms with E-state index in [1.165, 1.54) is 11.3 Å². The summed E-state index contributed by atoms with van der Waals surface area (Å²) in [5.41, 5.74) is 1.41. The van der Waals surface area contributed by atoms with E-state index in [1.54, 1.807) is 0 Å². The van der Waals surface area contributed by atoms with Gasteiger partial charge in [-0.25, -0.2) is 0 Å². The Hall–Kier alpha value is -1.64. The molecule has 1 saturated carbocycles. The topological polar surface area (TPSA) is 37.4 Å². The van der Waals surface area contributed by atoms with Crippen LogP contribution in [0.4, 0.5) is 5.69 Å². The number of carbonyl (C=O) groups excluding carboxylic acids is 2. The average molecular weight is 325 g/mol. The van der Waals surface area contributed by atoms with Gasteiger partial charge in [-0.15, -0.1) is 0 Å². The van der Waals surface area contributed by atoms with E-state index < -0.39 is 5.41 Å². The fourth-order valence-corrected chi connectivity index (χ4v) is 5.23. The molecule has 0 bridgehead atoms. The molecule has 0 amide bonds. The summed E-state index contributed by atoms with van der Waals surface area (Å²) in [7, 11) is 0. The lowest BCUT2D eigenvalue weighted by molar-refractivity contribution is -0.151. The highest BCUT2D eigenvalue weighted by atomic mass is 16.2. The molecule has 1 aliphatic carbocycles. The summed E-state index contributed by atoms with van der Waals surface area (Å²) in [6, 6.07) is 8.41. The quantitative estimate of drug-likeness (QED) is 0.681. The summed E-state index contributed by atoms with van der Waals surface area (Å²) < 4.78 is 0. The van der Waals surface area contributed by atoms with E-state index in [0.29, 0.717) is 25.2 Å². The largest absolute Gasteiger partial charge is 0.367 e. The number of ketones is 2. The van der Waals surface area contributed by atoms with Crippen LogP contribution < -0.4 is 4.90 Å². The van der Waals surface area contributed by atoms with E-state index in [2.05, 4.69) is 30.0 Å². The molecule has 1 spiro atoms. The second-order valence-electron chi connectivity index (χ2n) is 8.98. The van der Waals surface area contributed by atoms with Gasteiger partial charge in [-0.3, -0.25) is 9.59 Å². The molecule has 3 heteroatoms. The summed E-state index contributed by atoms with van der Waals surface area (Å²) in [6.45, 7) is 7.31. The Balaban J connectivity index is 1.85. The molecule has 4 rings (SSSR count). The van der Waals surface area contributed by atoms with Gasteiger partial charge in [-0.2, -0.15) is 0 Å². The maximum atomic E-state index is 13.3. The van der Waals surface area contributed by atoms with Gasteiger partial charge in [-0.1, -0.05) is 39.0 Å². The third kappa shape index (κ3) is 2.17. The zero-order chi connectivity index (χ0) is 17.1. The van der Waals surface area contributed by atoms with Crippen LogP contribution >= 0.6 is 0 Å². The highest BCUT2D eigenvalue weighted by Crippen LogP contribution is 2.52. The smallest absolute Gasteiger partial charge is 0.149 e. The number of Topliss-reactive ketones (excluding diaryl/α,β-unsaturated/α-hetero) is 2. The summed E-state index contributed by atoms with van der Waals surface area (Å²) >= 11 is 0. The molecule has 0 N–H and O–H groups in total. The molecule has 0 radical (unpaired) electrons. The van der Waals surface area contributed by atoms with Crippen LogP contribution in [0.2, 0.25) is 0 Å². The summed E-state index contributed by atoms with van der Waals surface area (Å²) in [5, 5.41) is 0. The highest BCUT2D eigenvalue weighted by molar-refractivity contribution is 6.11. The predicted octanol–water partition coefficient (Wildman–Crippen LogP) is 3.79. The van der Waals surface area contributed by atoms with Crippen molar-refractivity contribution in [3.63, 3.8) is 0 Å². The molecule has 24 heavy (non-hydrogen) atoms. The molecule has 0 aromatic heterocycles. The molecule has 3 nitrogen and oxygen atoms in total. The van der Waals surface area contributed by atoms with Crippen LogP contribution in [0.25, 0.3) is 0 Å². The number of rotatable bonds is 0. The van der Waals surface area contributed by atoms with Gasteiger partial charge in [-0.05, 0) is 42.2 Å². The van der Waals surface area contributed by atoms with Crippen LogP contribution in [-0.2, 0) is 16.0 Å². The van der Waals surface area contributed by atoms with Crippen molar-refractivity contribution < 1.29 is 9.59 Å². The number of carbonyl (C=O) groups is 2. The van der Waals surface area contributed by atoms with Crippen molar-refractivity contribution in [3.8, 4) is 0 Å². The number of piperidine rings is 1. The first kappa shape index (κ1) is 15.9. The third-order valence-corrected chi connectivity index (χ3v) is 6.48. The van der Waals surface area contributed by atoms with Gasteiger partial charge in [0.2, 0.25) is 0 Å². The number of hydrogen-bond donors (Lipinski definition) is 0. The second-order valence-corrected chi connectivity index (χ2v) is 8.98. The number of para-hydroxylation sites is 1. The Bertz CT molecular complexity index is 686. The normalized spacial score (nSPS) is 30.9. The minimum absolute atomic E-state index is 0.0484. The molecule has 2 aliphatic heterocycles. The molecule has 0 unspecified atom stereocenters. The van der Waals surface area contributed by atoms with Crippen molar-refractivity contribution in [2.75, 3.05) is 11.4 Å². The molecule has 3 aliphatic rings. The fraction of sp³-hybridized carbons (Fsp3) is 0.619. The molecule has 2 heterocycles. The van der Waals surface area contributed by atoms with Crippen LogP contribution in [0.3, 0.4) is 0 Å². The molecule has 1 aromatic rings. The summed E-state index contributed by atoms with van der Waals surface area (Å²) in [6.07, 6.45) is 3.74. The monoisotopic (exact) mass is 325 g/mol. The molecule has 128 valence electrons. The number of hydrogen-bond acceptors (Lipinski definition) is 3. The first-order valence-electron chi connectivity index (χ1n) is 9.25. The number of fused-ring (bicyclic) bond motifs is 4. The second kappa shape index (κ2) is 5.18. The zero-order valence-electron chi connectivity index (χ0n) is 15.0. The molecule has 2 atom stereocenters. The number of nitrogens with zero attached hydrogens (tertiary/aromatic N) is 1. The fourth-order valence-electron chi connectivity index (χ4n) is 5.23. The van der Waals surface area contributed by atoms with Crippen LogP contribution in [0, 0.1) is 16.7 Å². The van der Waals surface area contributed by atoms with E-state index in [1.807, 2.05) is 19.9 Å². The van der Waals surface area contributed by atoms with Crippen molar-refractivity contribution in [2.24, 2.45) is 16.7 Å². The van der Waals surface area contributed by atoms with Gasteiger partial charge >= 0.3 is 0 Å². The highest BCUT2D eigenvalue weighted by Gasteiger charge is 2.60. The SMILES string of the molecule is C[C@H]1CCN2c3ccccc3CC3(C(=O)CC(C)(C)CC3=O)[C@H]2C1. The van der Waals surface area contributed by atoms with Crippen molar-refractivity contribution in [2.45, 2.75) is 58.9 Å². The summed E-state index contributed by atoms with van der Waals surface area (Å²) in [4.78, 5) is 29.0. The average Bonchev–Trinajstić information content (AvgIpc) is 2.51. The lowest BCUT2D eigenvalue weighted by atomic mass is 9.55. The van der Waals surface area contributed by atoms with Crippen LogP contribution in [-0.4, -0.2) is 24.2 Å². The minimum atomic E-state index is -0.807. The van der Waals surface area contributed by atoms with Gasteiger partial charge in [0.05, 0.1) is 0 Å². The van der Waals surface area contributed by atoms with Crippen molar-refractivity contribution in [1.82, 2.24) is 0 Å². The minimum Gasteiger partial charge on any atom is -0.367 e. The van der Waals surface area contributed by atoms with E-state index in [0.717, 1.165) is 19.4 Å². The molecule has 2 fully saturated rings. The molecule has 1 saturated heterocycles. The van der Waals surface area contributed by atoms with Crippen LogP contribution in [0.15, 0.2) is 24.3 Å². The van der Waals surface area contributed by atoms with Crippen molar-refractivity contribution in [3.05, 3.63) is 29.8 Å². The Labute approximate surface area is 144 Å². The van der Waals surface area contributed by atoms with Gasteiger partial charge < -0.3 is 4.90 Å². The van der Waals surface area contributed by atoms with Gasteiger partial charge in [0, 0.05) is 31.1 Å². The first-order valence-corrected chi connectivity index (χ1v) is 9.25. The van der Waals surface area contributed by atoms with Gasteiger partial charge in [0.25, 0.3) is 0 Å². The Morgan fingerprint density at radius 2 is 1.71 bits per heavy atom. The molecule has 1 aromatic carbocycles. The zero-order valence-corrected chi connectivity index (χ0v) is 15.0. The standard InChI is InChI=1S/C21H27NO2/c1-14-8-9-22-16-7-5-4-6-15(16)11-21(17(22)10-14)18(23)12-20(2,3)13-19(21)24/h4-7,14,17H,8-13H2,1-3H3/t14-,17+/m0/s1. The molecular weight excluding hydrogens is 298 g/mol. The lowest BCUT2D eigenvalue weighted by Crippen LogP contribution is -2.65. The van der Waals surface area contributed by atoms with E-state index in [9.17, 15) is 9.59 Å². The predicted molar refractivity (Wildman–Crippen MR) is 95.1 cm³/mol. The Morgan fingerprint density at radius 1 is 1.04 bits per heavy atom. The molecular formula is C21H27NO2. The maximum Gasteiger partial charge on any atom is 0.149 e.